The lowest BCUT2D eigenvalue weighted by atomic mass is 10.0. The lowest BCUT2D eigenvalue weighted by molar-refractivity contribution is 0.457. The Morgan fingerprint density at radius 1 is 1.06 bits per heavy atom. The van der Waals surface area contributed by atoms with E-state index in [0.29, 0.717) is 19.0 Å². The predicted octanol–water partition coefficient (Wildman–Crippen LogP) is 1.59. The van der Waals surface area contributed by atoms with Crippen LogP contribution < -0.4 is 10.0 Å². The fourth-order valence-electron chi connectivity index (χ4n) is 2.63. The van der Waals surface area contributed by atoms with Crippen LogP contribution in [0.5, 0.6) is 0 Å². The molecule has 18 heavy (non-hydrogen) atoms. The van der Waals surface area contributed by atoms with E-state index in [-0.39, 0.29) is 16.6 Å². The van der Waals surface area contributed by atoms with Gasteiger partial charge in [-0.2, -0.15) is 0 Å². The molecule has 0 spiro atoms. The Morgan fingerprint density at radius 2 is 1.61 bits per heavy atom. The third-order valence-corrected chi connectivity index (χ3v) is 6.15. The van der Waals surface area contributed by atoms with Gasteiger partial charge in [0.15, 0.2) is 0 Å². The van der Waals surface area contributed by atoms with Gasteiger partial charge in [0.2, 0.25) is 10.0 Å². The molecule has 108 valence electrons. The van der Waals surface area contributed by atoms with Crippen molar-refractivity contribution >= 4 is 10.0 Å². The van der Waals surface area contributed by atoms with E-state index in [0.717, 1.165) is 13.0 Å². The van der Waals surface area contributed by atoms with Crippen LogP contribution in [0, 0.1) is 16.7 Å². The molecule has 1 saturated carbocycles. The van der Waals surface area contributed by atoms with Crippen molar-refractivity contribution in [3.05, 3.63) is 0 Å². The third kappa shape index (κ3) is 3.45. The summed E-state index contributed by atoms with van der Waals surface area (Å²) in [4.78, 5) is 0. The monoisotopic (exact) mass is 276 g/mol. The fraction of sp³-hybridized carbons (Fsp3) is 1.00. The quantitative estimate of drug-likeness (QED) is 0.662. The lowest BCUT2D eigenvalue weighted by Gasteiger charge is -2.08. The summed E-state index contributed by atoms with van der Waals surface area (Å²) < 4.78 is 26.3. The smallest absolute Gasteiger partial charge is 0.212 e. The Bertz CT molecular complexity index is 360. The van der Waals surface area contributed by atoms with E-state index in [1.807, 2.05) is 0 Å². The Hall–Kier alpha value is -0.130. The van der Waals surface area contributed by atoms with Crippen LogP contribution in [0.15, 0.2) is 0 Å². The number of hydrogen-bond donors (Lipinski definition) is 2. The molecule has 0 aromatic carbocycles. The Morgan fingerprint density at radius 3 is 2.06 bits per heavy atom. The fourth-order valence-corrected chi connectivity index (χ4v) is 3.61. The Balaban J connectivity index is 2.31. The molecule has 1 rings (SSSR count). The van der Waals surface area contributed by atoms with E-state index in [4.69, 9.17) is 0 Å². The summed E-state index contributed by atoms with van der Waals surface area (Å²) in [6.07, 6.45) is 1.03. The van der Waals surface area contributed by atoms with Crippen LogP contribution in [-0.2, 0) is 10.0 Å². The summed E-state index contributed by atoms with van der Waals surface area (Å²) in [6.45, 7) is 12.8. The molecule has 0 saturated heterocycles. The van der Waals surface area contributed by atoms with Crippen LogP contribution in [0.1, 0.15) is 41.0 Å². The second-order valence-electron chi connectivity index (χ2n) is 6.41. The largest absolute Gasteiger partial charge is 0.316 e. The second-order valence-corrected chi connectivity index (χ2v) is 8.34. The standard InChI is InChI=1S/C13H28N2O2S/c1-6-7-14-8-9-18(16,17)15-10-11-12(2,3)13(11,4)5/h11,14-15H,6-10H2,1-5H3. The van der Waals surface area contributed by atoms with Gasteiger partial charge in [-0.05, 0) is 29.7 Å². The highest BCUT2D eigenvalue weighted by atomic mass is 32.2. The maximum Gasteiger partial charge on any atom is 0.212 e. The van der Waals surface area contributed by atoms with Crippen LogP contribution in [0.3, 0.4) is 0 Å². The summed E-state index contributed by atoms with van der Waals surface area (Å²) in [5.41, 5.74) is 0.464. The van der Waals surface area contributed by atoms with Crippen LogP contribution in [0.25, 0.3) is 0 Å². The van der Waals surface area contributed by atoms with Crippen molar-refractivity contribution in [3.8, 4) is 0 Å². The van der Waals surface area contributed by atoms with E-state index in [9.17, 15) is 8.42 Å². The van der Waals surface area contributed by atoms with Crippen LogP contribution >= 0.6 is 0 Å². The van der Waals surface area contributed by atoms with Gasteiger partial charge in [-0.1, -0.05) is 34.6 Å². The van der Waals surface area contributed by atoms with Gasteiger partial charge in [0.25, 0.3) is 0 Å². The van der Waals surface area contributed by atoms with E-state index in [1.54, 1.807) is 0 Å². The van der Waals surface area contributed by atoms with Gasteiger partial charge in [-0.25, -0.2) is 13.1 Å². The third-order valence-electron chi connectivity index (χ3n) is 4.80. The van der Waals surface area contributed by atoms with Crippen LogP contribution in [0.2, 0.25) is 0 Å². The summed E-state index contributed by atoms with van der Waals surface area (Å²) in [6, 6.07) is 0. The van der Waals surface area contributed by atoms with Gasteiger partial charge in [-0.3, -0.25) is 0 Å². The molecule has 2 N–H and O–H groups in total. The minimum absolute atomic E-state index is 0.167. The number of sulfonamides is 1. The number of nitrogens with one attached hydrogen (secondary N) is 2. The molecule has 0 radical (unpaired) electrons. The normalized spacial score (nSPS) is 22.1. The lowest BCUT2D eigenvalue weighted by Crippen LogP contribution is -2.34. The SMILES string of the molecule is CCCNCCS(=O)(=O)NCC1C(C)(C)C1(C)C. The second kappa shape index (κ2) is 5.47. The molecule has 0 unspecified atom stereocenters. The maximum absolute atomic E-state index is 11.8. The van der Waals surface area contributed by atoms with E-state index < -0.39 is 10.0 Å². The van der Waals surface area contributed by atoms with Crippen molar-refractivity contribution in [2.75, 3.05) is 25.4 Å². The Kier molecular flexibility index (Phi) is 4.84. The summed E-state index contributed by atoms with van der Waals surface area (Å²) >= 11 is 0. The first-order valence-electron chi connectivity index (χ1n) is 6.83. The minimum Gasteiger partial charge on any atom is -0.316 e. The van der Waals surface area contributed by atoms with Gasteiger partial charge in [0.05, 0.1) is 5.75 Å². The molecule has 0 amide bonds. The average molecular weight is 276 g/mol. The van der Waals surface area contributed by atoms with Gasteiger partial charge in [0, 0.05) is 13.1 Å². The summed E-state index contributed by atoms with van der Waals surface area (Å²) in [5, 5.41) is 3.11. The van der Waals surface area contributed by atoms with Crippen LogP contribution in [-0.4, -0.2) is 33.8 Å². The van der Waals surface area contributed by atoms with Crippen molar-refractivity contribution in [1.82, 2.24) is 10.0 Å². The van der Waals surface area contributed by atoms with Gasteiger partial charge in [0.1, 0.15) is 0 Å². The molecular weight excluding hydrogens is 248 g/mol. The van der Waals surface area contributed by atoms with E-state index in [1.165, 1.54) is 0 Å². The molecule has 1 fully saturated rings. The minimum atomic E-state index is -3.13. The van der Waals surface area contributed by atoms with E-state index >= 15 is 0 Å². The molecular formula is C13H28N2O2S. The highest BCUT2D eigenvalue weighted by Gasteiger charge is 2.64. The Labute approximate surface area is 112 Å². The molecule has 0 aromatic rings. The highest BCUT2D eigenvalue weighted by molar-refractivity contribution is 7.89. The molecule has 1 aliphatic carbocycles. The molecule has 0 aromatic heterocycles. The number of rotatable bonds is 8. The van der Waals surface area contributed by atoms with E-state index in [2.05, 4.69) is 44.7 Å². The van der Waals surface area contributed by atoms with Crippen molar-refractivity contribution in [2.45, 2.75) is 41.0 Å². The molecule has 0 heterocycles. The molecule has 5 heteroatoms. The predicted molar refractivity (Wildman–Crippen MR) is 76.0 cm³/mol. The first-order valence-corrected chi connectivity index (χ1v) is 8.48. The first kappa shape index (κ1) is 15.9. The zero-order chi connectivity index (χ0) is 14.0. The van der Waals surface area contributed by atoms with Crippen molar-refractivity contribution in [3.63, 3.8) is 0 Å². The van der Waals surface area contributed by atoms with Crippen molar-refractivity contribution in [1.29, 1.82) is 0 Å². The number of hydrogen-bond acceptors (Lipinski definition) is 3. The molecule has 0 bridgehead atoms. The topological polar surface area (TPSA) is 58.2 Å². The van der Waals surface area contributed by atoms with Gasteiger partial charge < -0.3 is 5.32 Å². The average Bonchev–Trinajstić information content (AvgIpc) is 2.62. The zero-order valence-electron chi connectivity index (χ0n) is 12.3. The van der Waals surface area contributed by atoms with Crippen LogP contribution in [0.4, 0.5) is 0 Å². The zero-order valence-corrected chi connectivity index (χ0v) is 13.2. The molecule has 0 atom stereocenters. The summed E-state index contributed by atoms with van der Waals surface area (Å²) in [7, 11) is -3.13. The molecule has 4 nitrogen and oxygen atoms in total. The van der Waals surface area contributed by atoms with Gasteiger partial charge >= 0.3 is 0 Å². The molecule has 0 aliphatic heterocycles. The molecule has 1 aliphatic rings. The van der Waals surface area contributed by atoms with Gasteiger partial charge in [-0.15, -0.1) is 0 Å². The first-order chi connectivity index (χ1) is 8.15. The highest BCUT2D eigenvalue weighted by Crippen LogP contribution is 2.67. The summed E-state index contributed by atoms with van der Waals surface area (Å²) in [5.74, 6) is 0.601. The van der Waals surface area contributed by atoms with Crippen molar-refractivity contribution in [2.24, 2.45) is 16.7 Å². The van der Waals surface area contributed by atoms with Crippen molar-refractivity contribution < 1.29 is 8.42 Å². The maximum atomic E-state index is 11.8.